The number of likely N-dealkylation sites (N-methyl/N-ethyl adjacent to an activating group) is 1. The first-order valence-electron chi connectivity index (χ1n) is 6.08. The summed E-state index contributed by atoms with van der Waals surface area (Å²) in [7, 11) is 1.78. The van der Waals surface area contributed by atoms with Crippen molar-refractivity contribution in [1.29, 1.82) is 5.26 Å². The van der Waals surface area contributed by atoms with Crippen LogP contribution in [0.5, 0.6) is 0 Å². The minimum atomic E-state index is -0.0324. The molecule has 94 valence electrons. The van der Waals surface area contributed by atoms with Crippen LogP contribution >= 0.6 is 0 Å². The summed E-state index contributed by atoms with van der Waals surface area (Å²) in [4.78, 5) is 13.8. The lowest BCUT2D eigenvalue weighted by Crippen LogP contribution is -2.34. The first-order chi connectivity index (χ1) is 8.70. The fraction of sp³-hybridized carbons (Fsp3) is 0.429. The summed E-state index contributed by atoms with van der Waals surface area (Å²) in [5, 5.41) is 8.70. The van der Waals surface area contributed by atoms with Gasteiger partial charge in [-0.2, -0.15) is 5.26 Å². The fourth-order valence-electron chi connectivity index (χ4n) is 2.08. The van der Waals surface area contributed by atoms with Crippen LogP contribution in [0.15, 0.2) is 24.3 Å². The van der Waals surface area contributed by atoms with Crippen molar-refractivity contribution in [3.05, 3.63) is 35.4 Å². The van der Waals surface area contributed by atoms with Crippen LogP contribution in [0, 0.1) is 11.3 Å². The molecular weight excluding hydrogens is 228 g/mol. The molecule has 1 atom stereocenters. The predicted octanol–water partition coefficient (Wildman–Crippen LogP) is 1.81. The van der Waals surface area contributed by atoms with E-state index in [2.05, 4.69) is 0 Å². The molecule has 0 aromatic heterocycles. The van der Waals surface area contributed by atoms with Gasteiger partial charge < -0.3 is 9.64 Å². The number of carbonyl (C=O) groups is 1. The van der Waals surface area contributed by atoms with Crippen LogP contribution in [0.4, 0.5) is 0 Å². The molecule has 0 N–H and O–H groups in total. The number of hydrogen-bond acceptors (Lipinski definition) is 3. The molecule has 0 spiro atoms. The van der Waals surface area contributed by atoms with Crippen LogP contribution in [0.1, 0.15) is 28.8 Å². The number of hydrogen-bond donors (Lipinski definition) is 0. The first-order valence-corrected chi connectivity index (χ1v) is 6.08. The highest BCUT2D eigenvalue weighted by atomic mass is 16.5. The summed E-state index contributed by atoms with van der Waals surface area (Å²) in [6, 6.07) is 8.73. The van der Waals surface area contributed by atoms with Crippen molar-refractivity contribution in [2.24, 2.45) is 0 Å². The van der Waals surface area contributed by atoms with Gasteiger partial charge in [0.25, 0.3) is 5.91 Å². The lowest BCUT2D eigenvalue weighted by atomic mass is 10.1. The molecule has 1 fully saturated rings. The van der Waals surface area contributed by atoms with Crippen LogP contribution in [0.2, 0.25) is 0 Å². The van der Waals surface area contributed by atoms with Gasteiger partial charge in [0.1, 0.15) is 0 Å². The highest BCUT2D eigenvalue weighted by molar-refractivity contribution is 5.94. The molecule has 1 aliphatic rings. The van der Waals surface area contributed by atoms with Gasteiger partial charge in [0.15, 0.2) is 0 Å². The fourth-order valence-corrected chi connectivity index (χ4v) is 2.08. The van der Waals surface area contributed by atoms with Gasteiger partial charge in [-0.15, -0.1) is 0 Å². The molecule has 0 bridgehead atoms. The van der Waals surface area contributed by atoms with Gasteiger partial charge in [0.05, 0.1) is 17.7 Å². The van der Waals surface area contributed by atoms with Gasteiger partial charge >= 0.3 is 0 Å². The van der Waals surface area contributed by atoms with E-state index in [-0.39, 0.29) is 12.0 Å². The molecule has 0 saturated carbocycles. The summed E-state index contributed by atoms with van der Waals surface area (Å²) in [5.74, 6) is -0.0324. The van der Waals surface area contributed by atoms with Crippen molar-refractivity contribution in [2.45, 2.75) is 18.9 Å². The minimum Gasteiger partial charge on any atom is -0.376 e. The molecule has 1 heterocycles. The second-order valence-corrected chi connectivity index (χ2v) is 4.51. The molecule has 0 radical (unpaired) electrons. The summed E-state index contributed by atoms with van der Waals surface area (Å²) in [5.41, 5.74) is 1.17. The zero-order valence-electron chi connectivity index (χ0n) is 10.4. The second kappa shape index (κ2) is 5.65. The lowest BCUT2D eigenvalue weighted by molar-refractivity contribution is 0.0587. The Bertz CT molecular complexity index is 456. The van der Waals surface area contributed by atoms with E-state index < -0.39 is 0 Å². The largest absolute Gasteiger partial charge is 0.376 e. The number of nitrogens with zero attached hydrogens (tertiary/aromatic N) is 2. The molecule has 2 rings (SSSR count). The maximum Gasteiger partial charge on any atom is 0.253 e. The van der Waals surface area contributed by atoms with Crippen LogP contribution in [-0.4, -0.2) is 37.1 Å². The van der Waals surface area contributed by atoms with E-state index >= 15 is 0 Å². The second-order valence-electron chi connectivity index (χ2n) is 4.51. The lowest BCUT2D eigenvalue weighted by Gasteiger charge is -2.20. The Morgan fingerprint density at radius 3 is 2.78 bits per heavy atom. The Morgan fingerprint density at radius 2 is 2.22 bits per heavy atom. The van der Waals surface area contributed by atoms with E-state index in [9.17, 15) is 4.79 Å². The van der Waals surface area contributed by atoms with E-state index in [0.717, 1.165) is 19.4 Å². The van der Waals surface area contributed by atoms with Gasteiger partial charge in [-0.1, -0.05) is 0 Å². The van der Waals surface area contributed by atoms with Crippen molar-refractivity contribution in [1.82, 2.24) is 4.90 Å². The quantitative estimate of drug-likeness (QED) is 0.814. The van der Waals surface area contributed by atoms with E-state index in [1.165, 1.54) is 0 Å². The van der Waals surface area contributed by atoms with Gasteiger partial charge in [-0.05, 0) is 37.1 Å². The van der Waals surface area contributed by atoms with Crippen LogP contribution in [0.25, 0.3) is 0 Å². The van der Waals surface area contributed by atoms with Crippen molar-refractivity contribution >= 4 is 5.91 Å². The SMILES string of the molecule is CN(CC1CCCO1)C(=O)c1ccc(C#N)cc1. The summed E-state index contributed by atoms with van der Waals surface area (Å²) in [6.07, 6.45) is 2.26. The third-order valence-electron chi connectivity index (χ3n) is 3.11. The normalized spacial score (nSPS) is 18.3. The number of amides is 1. The number of ether oxygens (including phenoxy) is 1. The third-order valence-corrected chi connectivity index (χ3v) is 3.11. The molecule has 1 saturated heterocycles. The average molecular weight is 244 g/mol. The van der Waals surface area contributed by atoms with Crippen LogP contribution < -0.4 is 0 Å². The molecule has 1 unspecified atom stereocenters. The Labute approximate surface area is 107 Å². The summed E-state index contributed by atoms with van der Waals surface area (Å²) < 4.78 is 5.51. The molecule has 4 heteroatoms. The highest BCUT2D eigenvalue weighted by Gasteiger charge is 2.20. The Hall–Kier alpha value is -1.86. The van der Waals surface area contributed by atoms with Gasteiger partial charge in [0.2, 0.25) is 0 Å². The van der Waals surface area contributed by atoms with Crippen molar-refractivity contribution in [3.63, 3.8) is 0 Å². The molecular formula is C14H16N2O2. The number of nitriles is 1. The molecule has 1 aromatic carbocycles. The van der Waals surface area contributed by atoms with Crippen LogP contribution in [-0.2, 0) is 4.74 Å². The van der Waals surface area contributed by atoms with Crippen molar-refractivity contribution in [2.75, 3.05) is 20.2 Å². The maximum absolute atomic E-state index is 12.1. The standard InChI is InChI=1S/C14H16N2O2/c1-16(10-13-3-2-8-18-13)14(17)12-6-4-11(9-15)5-7-12/h4-7,13H,2-3,8,10H2,1H3. The molecule has 1 amide bonds. The molecule has 0 aliphatic carbocycles. The maximum atomic E-state index is 12.1. The third kappa shape index (κ3) is 2.88. The van der Waals surface area contributed by atoms with Gasteiger partial charge in [-0.25, -0.2) is 0 Å². The topological polar surface area (TPSA) is 53.3 Å². The van der Waals surface area contributed by atoms with Gasteiger partial charge in [-0.3, -0.25) is 4.79 Å². The van der Waals surface area contributed by atoms with E-state index in [0.29, 0.717) is 17.7 Å². The van der Waals surface area contributed by atoms with E-state index in [4.69, 9.17) is 10.00 Å². The molecule has 18 heavy (non-hydrogen) atoms. The molecule has 1 aliphatic heterocycles. The highest BCUT2D eigenvalue weighted by Crippen LogP contribution is 2.14. The molecule has 1 aromatic rings. The summed E-state index contributed by atoms with van der Waals surface area (Å²) >= 11 is 0. The average Bonchev–Trinajstić information content (AvgIpc) is 2.91. The Kier molecular flexibility index (Phi) is 3.96. The van der Waals surface area contributed by atoms with Crippen molar-refractivity contribution < 1.29 is 9.53 Å². The zero-order chi connectivity index (χ0) is 13.0. The Balaban J connectivity index is 1.98. The van der Waals surface area contributed by atoms with Crippen LogP contribution in [0.3, 0.4) is 0 Å². The first kappa shape index (κ1) is 12.6. The zero-order valence-corrected chi connectivity index (χ0v) is 10.4. The summed E-state index contributed by atoms with van der Waals surface area (Å²) in [6.45, 7) is 1.42. The Morgan fingerprint density at radius 1 is 1.50 bits per heavy atom. The number of carbonyl (C=O) groups excluding carboxylic acids is 1. The smallest absolute Gasteiger partial charge is 0.253 e. The minimum absolute atomic E-state index is 0.0324. The number of benzene rings is 1. The van der Waals surface area contributed by atoms with Gasteiger partial charge in [0, 0.05) is 25.8 Å². The number of rotatable bonds is 3. The monoisotopic (exact) mass is 244 g/mol. The van der Waals surface area contributed by atoms with Crippen molar-refractivity contribution in [3.8, 4) is 6.07 Å². The predicted molar refractivity (Wildman–Crippen MR) is 67.1 cm³/mol. The van der Waals surface area contributed by atoms with E-state index in [1.54, 1.807) is 36.2 Å². The molecule has 4 nitrogen and oxygen atoms in total. The van der Waals surface area contributed by atoms with E-state index in [1.807, 2.05) is 6.07 Å².